The lowest BCUT2D eigenvalue weighted by molar-refractivity contribution is 0.327. The minimum absolute atomic E-state index is 0.481. The standard InChI is InChI=1S/C15H19ClN2/c1-2-11-4-3-5-14(8-11)18-15-9-13(16)7-6-12(15)10-17/h6-7,9,11,14,18H,2-5,8H2,1H3. The van der Waals surface area contributed by atoms with Crippen LogP contribution in [0.3, 0.4) is 0 Å². The smallest absolute Gasteiger partial charge is 0.101 e. The number of hydrogen-bond acceptors (Lipinski definition) is 2. The Morgan fingerprint density at radius 1 is 1.44 bits per heavy atom. The maximum absolute atomic E-state index is 9.10. The van der Waals surface area contributed by atoms with Gasteiger partial charge >= 0.3 is 0 Å². The Bertz CT molecular complexity index is 450. The number of hydrogen-bond donors (Lipinski definition) is 1. The summed E-state index contributed by atoms with van der Waals surface area (Å²) < 4.78 is 0. The Morgan fingerprint density at radius 3 is 3.00 bits per heavy atom. The van der Waals surface area contributed by atoms with E-state index in [-0.39, 0.29) is 0 Å². The summed E-state index contributed by atoms with van der Waals surface area (Å²) >= 11 is 6.00. The van der Waals surface area contributed by atoms with E-state index in [0.29, 0.717) is 16.6 Å². The highest BCUT2D eigenvalue weighted by Gasteiger charge is 2.21. The van der Waals surface area contributed by atoms with Gasteiger partial charge in [-0.05, 0) is 37.0 Å². The summed E-state index contributed by atoms with van der Waals surface area (Å²) in [5, 5.41) is 13.3. The number of nitrogens with zero attached hydrogens (tertiary/aromatic N) is 1. The van der Waals surface area contributed by atoms with Crippen LogP contribution in [0, 0.1) is 17.2 Å². The highest BCUT2D eigenvalue weighted by atomic mass is 35.5. The molecular formula is C15H19ClN2. The summed E-state index contributed by atoms with van der Waals surface area (Å²) in [5.41, 5.74) is 1.56. The van der Waals surface area contributed by atoms with Crippen molar-refractivity contribution in [3.05, 3.63) is 28.8 Å². The average Bonchev–Trinajstić information content (AvgIpc) is 2.39. The second-order valence-corrected chi connectivity index (χ2v) is 5.52. The number of benzene rings is 1. The first-order chi connectivity index (χ1) is 8.72. The van der Waals surface area contributed by atoms with Crippen molar-refractivity contribution in [3.8, 4) is 6.07 Å². The van der Waals surface area contributed by atoms with Crippen LogP contribution >= 0.6 is 11.6 Å². The van der Waals surface area contributed by atoms with E-state index in [1.54, 1.807) is 12.1 Å². The summed E-state index contributed by atoms with van der Waals surface area (Å²) in [4.78, 5) is 0. The molecule has 2 nitrogen and oxygen atoms in total. The Balaban J connectivity index is 2.09. The molecule has 0 saturated heterocycles. The molecule has 2 atom stereocenters. The highest BCUT2D eigenvalue weighted by molar-refractivity contribution is 6.30. The van der Waals surface area contributed by atoms with E-state index in [1.165, 1.54) is 32.1 Å². The van der Waals surface area contributed by atoms with Crippen molar-refractivity contribution >= 4 is 17.3 Å². The molecule has 1 aliphatic carbocycles. The number of nitriles is 1. The largest absolute Gasteiger partial charge is 0.381 e. The topological polar surface area (TPSA) is 35.8 Å². The molecule has 1 N–H and O–H groups in total. The molecule has 0 aliphatic heterocycles. The van der Waals surface area contributed by atoms with Crippen molar-refractivity contribution in [1.29, 1.82) is 5.26 Å². The molecular weight excluding hydrogens is 244 g/mol. The Hall–Kier alpha value is -1.20. The quantitative estimate of drug-likeness (QED) is 0.865. The highest BCUT2D eigenvalue weighted by Crippen LogP contribution is 2.30. The average molecular weight is 263 g/mol. The fraction of sp³-hybridized carbons (Fsp3) is 0.533. The number of rotatable bonds is 3. The van der Waals surface area contributed by atoms with Crippen LogP contribution in [-0.2, 0) is 0 Å². The van der Waals surface area contributed by atoms with Crippen molar-refractivity contribution in [2.75, 3.05) is 5.32 Å². The van der Waals surface area contributed by atoms with Gasteiger partial charge in [0.25, 0.3) is 0 Å². The summed E-state index contributed by atoms with van der Waals surface area (Å²) in [6.07, 6.45) is 6.26. The lowest BCUT2D eigenvalue weighted by Gasteiger charge is -2.30. The van der Waals surface area contributed by atoms with E-state index in [0.717, 1.165) is 11.6 Å². The van der Waals surface area contributed by atoms with Crippen LogP contribution in [0.2, 0.25) is 5.02 Å². The van der Waals surface area contributed by atoms with Gasteiger partial charge in [-0.25, -0.2) is 0 Å². The molecule has 0 bridgehead atoms. The van der Waals surface area contributed by atoms with Gasteiger partial charge in [0.2, 0.25) is 0 Å². The van der Waals surface area contributed by atoms with Crippen LogP contribution in [0.1, 0.15) is 44.6 Å². The monoisotopic (exact) mass is 262 g/mol. The van der Waals surface area contributed by atoms with Gasteiger partial charge in [0, 0.05) is 11.1 Å². The Kier molecular flexibility index (Phi) is 4.49. The first-order valence-electron chi connectivity index (χ1n) is 6.69. The van der Waals surface area contributed by atoms with Crippen molar-refractivity contribution in [2.24, 2.45) is 5.92 Å². The van der Waals surface area contributed by atoms with Crippen molar-refractivity contribution in [2.45, 2.75) is 45.1 Å². The molecule has 2 unspecified atom stereocenters. The third kappa shape index (κ3) is 3.17. The van der Waals surface area contributed by atoms with Gasteiger partial charge < -0.3 is 5.32 Å². The van der Waals surface area contributed by atoms with E-state index in [9.17, 15) is 0 Å². The van der Waals surface area contributed by atoms with E-state index in [1.807, 2.05) is 6.07 Å². The van der Waals surface area contributed by atoms with Gasteiger partial charge in [-0.2, -0.15) is 5.26 Å². The number of halogens is 1. The van der Waals surface area contributed by atoms with Crippen molar-refractivity contribution in [3.63, 3.8) is 0 Å². The second-order valence-electron chi connectivity index (χ2n) is 5.08. The fourth-order valence-electron chi connectivity index (χ4n) is 2.75. The van der Waals surface area contributed by atoms with Crippen molar-refractivity contribution < 1.29 is 0 Å². The summed E-state index contributed by atoms with van der Waals surface area (Å²) in [7, 11) is 0. The summed E-state index contributed by atoms with van der Waals surface area (Å²) in [6, 6.07) is 8.10. The normalized spacial score (nSPS) is 23.4. The van der Waals surface area contributed by atoms with Gasteiger partial charge in [0.05, 0.1) is 11.3 Å². The van der Waals surface area contributed by atoms with Crippen molar-refractivity contribution in [1.82, 2.24) is 0 Å². The number of anilines is 1. The molecule has 0 heterocycles. The van der Waals surface area contributed by atoms with Crippen LogP contribution in [-0.4, -0.2) is 6.04 Å². The Labute approximate surface area is 114 Å². The fourth-order valence-corrected chi connectivity index (χ4v) is 2.92. The zero-order chi connectivity index (χ0) is 13.0. The van der Waals surface area contributed by atoms with Gasteiger partial charge in [0.1, 0.15) is 6.07 Å². The molecule has 0 aromatic heterocycles. The Morgan fingerprint density at radius 2 is 2.28 bits per heavy atom. The summed E-state index contributed by atoms with van der Waals surface area (Å²) in [5.74, 6) is 0.820. The van der Waals surface area contributed by atoms with E-state index in [2.05, 4.69) is 18.3 Å². The van der Waals surface area contributed by atoms with Crippen LogP contribution in [0.25, 0.3) is 0 Å². The molecule has 0 amide bonds. The van der Waals surface area contributed by atoms with Crippen LogP contribution in [0.5, 0.6) is 0 Å². The first kappa shape index (κ1) is 13.2. The molecule has 1 aromatic carbocycles. The molecule has 1 fully saturated rings. The van der Waals surface area contributed by atoms with Gasteiger partial charge in [0.15, 0.2) is 0 Å². The van der Waals surface area contributed by atoms with Crippen LogP contribution in [0.15, 0.2) is 18.2 Å². The molecule has 3 heteroatoms. The second kappa shape index (κ2) is 6.11. The summed E-state index contributed by atoms with van der Waals surface area (Å²) in [6.45, 7) is 2.26. The first-order valence-corrected chi connectivity index (χ1v) is 7.07. The zero-order valence-electron chi connectivity index (χ0n) is 10.7. The van der Waals surface area contributed by atoms with Crippen LogP contribution in [0.4, 0.5) is 5.69 Å². The van der Waals surface area contributed by atoms with E-state index >= 15 is 0 Å². The van der Waals surface area contributed by atoms with Gasteiger partial charge in [-0.3, -0.25) is 0 Å². The predicted octanol–water partition coefficient (Wildman–Crippen LogP) is 4.59. The minimum atomic E-state index is 0.481. The molecule has 0 spiro atoms. The maximum Gasteiger partial charge on any atom is 0.101 e. The molecule has 0 radical (unpaired) electrons. The SMILES string of the molecule is CCC1CCCC(Nc2cc(Cl)ccc2C#N)C1. The molecule has 1 saturated carbocycles. The molecule has 96 valence electrons. The van der Waals surface area contributed by atoms with Gasteiger partial charge in [-0.15, -0.1) is 0 Å². The molecule has 2 rings (SSSR count). The van der Waals surface area contributed by atoms with Crippen LogP contribution < -0.4 is 5.32 Å². The molecule has 1 aromatic rings. The van der Waals surface area contributed by atoms with E-state index < -0.39 is 0 Å². The maximum atomic E-state index is 9.10. The lowest BCUT2D eigenvalue weighted by atomic mass is 9.84. The third-order valence-electron chi connectivity index (χ3n) is 3.82. The molecule has 1 aliphatic rings. The predicted molar refractivity (Wildman–Crippen MR) is 75.8 cm³/mol. The third-order valence-corrected chi connectivity index (χ3v) is 4.06. The zero-order valence-corrected chi connectivity index (χ0v) is 11.5. The number of nitrogens with one attached hydrogen (secondary N) is 1. The van der Waals surface area contributed by atoms with Gasteiger partial charge in [-0.1, -0.05) is 37.8 Å². The van der Waals surface area contributed by atoms with E-state index in [4.69, 9.17) is 16.9 Å². The molecule has 18 heavy (non-hydrogen) atoms. The lowest BCUT2D eigenvalue weighted by Crippen LogP contribution is -2.27. The minimum Gasteiger partial charge on any atom is -0.381 e.